The van der Waals surface area contributed by atoms with Crippen LogP contribution in [-0.2, 0) is 16.0 Å². The van der Waals surface area contributed by atoms with Gasteiger partial charge in [0.2, 0.25) is 11.8 Å². The van der Waals surface area contributed by atoms with Gasteiger partial charge in [0.1, 0.15) is 0 Å². The van der Waals surface area contributed by atoms with Gasteiger partial charge in [0.05, 0.1) is 15.2 Å². The first-order chi connectivity index (χ1) is 12.5. The molecular weight excluding hydrogens is 346 g/mol. The van der Waals surface area contributed by atoms with Crippen molar-refractivity contribution in [2.45, 2.75) is 33.1 Å². The van der Waals surface area contributed by atoms with Gasteiger partial charge in [-0.05, 0) is 49.6 Å². The lowest BCUT2D eigenvalue weighted by Gasteiger charge is -2.12. The fourth-order valence-electron chi connectivity index (χ4n) is 2.74. The average Bonchev–Trinajstić information content (AvgIpc) is 3.01. The molecule has 0 atom stereocenters. The van der Waals surface area contributed by atoms with Crippen LogP contribution < -0.4 is 10.6 Å². The van der Waals surface area contributed by atoms with E-state index in [-0.39, 0.29) is 11.8 Å². The van der Waals surface area contributed by atoms with Crippen LogP contribution in [0.5, 0.6) is 0 Å². The van der Waals surface area contributed by atoms with Crippen molar-refractivity contribution in [2.24, 2.45) is 0 Å². The zero-order valence-corrected chi connectivity index (χ0v) is 15.7. The van der Waals surface area contributed by atoms with Gasteiger partial charge in [0.15, 0.2) is 0 Å². The van der Waals surface area contributed by atoms with E-state index in [2.05, 4.69) is 21.7 Å². The lowest BCUT2D eigenvalue weighted by Crippen LogP contribution is -2.14. The minimum Gasteiger partial charge on any atom is -0.326 e. The number of anilines is 2. The van der Waals surface area contributed by atoms with Gasteiger partial charge in [-0.2, -0.15) is 0 Å². The third-order valence-corrected chi connectivity index (χ3v) is 5.15. The Bertz CT molecular complexity index is 916. The Morgan fingerprint density at radius 2 is 1.77 bits per heavy atom. The third kappa shape index (κ3) is 4.46. The minimum absolute atomic E-state index is 0.0332. The first kappa shape index (κ1) is 18.1. The van der Waals surface area contributed by atoms with Crippen LogP contribution in [-0.4, -0.2) is 16.8 Å². The molecular formula is C20H21N3O2S. The smallest absolute Gasteiger partial charge is 0.224 e. The first-order valence-electron chi connectivity index (χ1n) is 8.54. The highest BCUT2D eigenvalue weighted by molar-refractivity contribution is 7.18. The Morgan fingerprint density at radius 1 is 1.04 bits per heavy atom. The number of nitrogens with zero attached hydrogens (tertiary/aromatic N) is 1. The topological polar surface area (TPSA) is 71.1 Å². The van der Waals surface area contributed by atoms with E-state index in [0.29, 0.717) is 12.1 Å². The molecule has 2 aromatic carbocycles. The summed E-state index contributed by atoms with van der Waals surface area (Å²) in [4.78, 5) is 28.1. The first-order valence-corrected chi connectivity index (χ1v) is 9.36. The molecule has 2 amide bonds. The van der Waals surface area contributed by atoms with Crippen molar-refractivity contribution in [3.8, 4) is 0 Å². The van der Waals surface area contributed by atoms with Gasteiger partial charge in [-0.15, -0.1) is 11.3 Å². The molecule has 0 aliphatic rings. The van der Waals surface area contributed by atoms with Gasteiger partial charge in [-0.3, -0.25) is 9.59 Å². The van der Waals surface area contributed by atoms with E-state index in [9.17, 15) is 9.59 Å². The van der Waals surface area contributed by atoms with Crippen molar-refractivity contribution in [2.75, 3.05) is 10.6 Å². The number of carbonyl (C=O) groups excluding carboxylic acids is 2. The van der Waals surface area contributed by atoms with Crippen LogP contribution in [0.1, 0.15) is 30.3 Å². The maximum Gasteiger partial charge on any atom is 0.224 e. The number of para-hydroxylation sites is 1. The van der Waals surface area contributed by atoms with Gasteiger partial charge >= 0.3 is 0 Å². The Kier molecular flexibility index (Phi) is 5.63. The maximum absolute atomic E-state index is 12.2. The van der Waals surface area contributed by atoms with Crippen LogP contribution in [0.4, 0.5) is 11.4 Å². The second kappa shape index (κ2) is 8.10. The minimum atomic E-state index is -0.132. The van der Waals surface area contributed by atoms with Crippen LogP contribution in [0, 0.1) is 6.92 Å². The molecule has 26 heavy (non-hydrogen) atoms. The van der Waals surface area contributed by atoms with E-state index in [1.807, 2.05) is 43.3 Å². The predicted molar refractivity (Wildman–Crippen MR) is 107 cm³/mol. The zero-order chi connectivity index (χ0) is 18.5. The zero-order valence-electron chi connectivity index (χ0n) is 14.8. The lowest BCUT2D eigenvalue weighted by atomic mass is 10.1. The summed E-state index contributed by atoms with van der Waals surface area (Å²) in [5, 5.41) is 6.75. The molecule has 0 radical (unpaired) electrons. The van der Waals surface area contributed by atoms with Crippen molar-refractivity contribution in [3.63, 3.8) is 0 Å². The molecule has 0 aliphatic heterocycles. The SMILES string of the molecule is CC(=O)Nc1cccc(NC(=O)CCCc2nc3ccccc3s2)c1C. The van der Waals surface area contributed by atoms with Crippen LogP contribution >= 0.6 is 11.3 Å². The van der Waals surface area contributed by atoms with Crippen LogP contribution in [0.3, 0.4) is 0 Å². The number of thiazole rings is 1. The van der Waals surface area contributed by atoms with Gasteiger partial charge < -0.3 is 10.6 Å². The largest absolute Gasteiger partial charge is 0.326 e. The van der Waals surface area contributed by atoms with Crippen LogP contribution in [0.15, 0.2) is 42.5 Å². The quantitative estimate of drug-likeness (QED) is 0.673. The number of benzene rings is 2. The summed E-state index contributed by atoms with van der Waals surface area (Å²) in [6.45, 7) is 3.34. The summed E-state index contributed by atoms with van der Waals surface area (Å²) in [6.07, 6.45) is 1.97. The van der Waals surface area contributed by atoms with Gasteiger partial charge in [0, 0.05) is 24.7 Å². The Labute approximate surface area is 156 Å². The molecule has 0 saturated carbocycles. The number of aromatic nitrogens is 1. The molecule has 0 saturated heterocycles. The van der Waals surface area contributed by atoms with E-state index >= 15 is 0 Å². The maximum atomic E-state index is 12.2. The monoisotopic (exact) mass is 367 g/mol. The molecule has 3 aromatic rings. The molecule has 0 fully saturated rings. The highest BCUT2D eigenvalue weighted by Gasteiger charge is 2.09. The Morgan fingerprint density at radius 3 is 2.50 bits per heavy atom. The molecule has 0 bridgehead atoms. The summed E-state index contributed by atoms with van der Waals surface area (Å²) >= 11 is 1.68. The predicted octanol–water partition coefficient (Wildman–Crippen LogP) is 4.52. The van der Waals surface area contributed by atoms with E-state index in [1.54, 1.807) is 11.3 Å². The van der Waals surface area contributed by atoms with Gasteiger partial charge in [-0.1, -0.05) is 18.2 Å². The molecule has 0 unspecified atom stereocenters. The Hall–Kier alpha value is -2.73. The molecule has 1 heterocycles. The summed E-state index contributed by atoms with van der Waals surface area (Å²) in [6, 6.07) is 13.5. The molecule has 3 rings (SSSR count). The van der Waals surface area contributed by atoms with Crippen molar-refractivity contribution < 1.29 is 9.59 Å². The average molecular weight is 367 g/mol. The van der Waals surface area contributed by atoms with E-state index < -0.39 is 0 Å². The number of aryl methyl sites for hydroxylation is 1. The summed E-state index contributed by atoms with van der Waals surface area (Å²) in [5.74, 6) is -0.165. The fourth-order valence-corrected chi connectivity index (χ4v) is 3.74. The van der Waals surface area contributed by atoms with Crippen molar-refractivity contribution in [3.05, 3.63) is 53.0 Å². The number of fused-ring (bicyclic) bond motifs is 1. The highest BCUT2D eigenvalue weighted by Crippen LogP contribution is 2.24. The van der Waals surface area contributed by atoms with E-state index in [0.717, 1.165) is 34.6 Å². The highest BCUT2D eigenvalue weighted by atomic mass is 32.1. The second-order valence-corrected chi connectivity index (χ2v) is 7.25. The number of rotatable bonds is 6. The normalized spacial score (nSPS) is 10.7. The molecule has 5 nitrogen and oxygen atoms in total. The molecule has 0 aliphatic carbocycles. The molecule has 1 aromatic heterocycles. The third-order valence-electron chi connectivity index (χ3n) is 4.05. The number of nitrogens with one attached hydrogen (secondary N) is 2. The molecule has 6 heteroatoms. The van der Waals surface area contributed by atoms with Gasteiger partial charge in [0.25, 0.3) is 0 Å². The number of carbonyl (C=O) groups is 2. The number of hydrogen-bond donors (Lipinski definition) is 2. The van der Waals surface area contributed by atoms with Crippen LogP contribution in [0.2, 0.25) is 0 Å². The molecule has 2 N–H and O–H groups in total. The fraction of sp³-hybridized carbons (Fsp3) is 0.250. The van der Waals surface area contributed by atoms with E-state index in [4.69, 9.17) is 0 Å². The van der Waals surface area contributed by atoms with E-state index in [1.165, 1.54) is 11.6 Å². The molecule has 0 spiro atoms. The standard InChI is InChI=1S/C20H21N3O2S/c1-13-15(21-14(2)24)8-5-9-16(13)22-19(25)11-6-12-20-23-17-7-3-4-10-18(17)26-20/h3-5,7-10H,6,11-12H2,1-2H3,(H,21,24)(H,22,25). The molecule has 134 valence electrons. The van der Waals surface area contributed by atoms with Crippen LogP contribution in [0.25, 0.3) is 10.2 Å². The summed E-state index contributed by atoms with van der Waals surface area (Å²) in [7, 11) is 0. The van der Waals surface area contributed by atoms with Crippen molar-refractivity contribution in [1.29, 1.82) is 0 Å². The number of hydrogen-bond acceptors (Lipinski definition) is 4. The summed E-state index contributed by atoms with van der Waals surface area (Å²) < 4.78 is 1.18. The summed E-state index contributed by atoms with van der Waals surface area (Å²) in [5.41, 5.74) is 3.30. The number of amides is 2. The lowest BCUT2D eigenvalue weighted by molar-refractivity contribution is -0.116. The van der Waals surface area contributed by atoms with Crippen molar-refractivity contribution in [1.82, 2.24) is 4.98 Å². The van der Waals surface area contributed by atoms with Crippen molar-refractivity contribution >= 4 is 44.7 Å². The Balaban J connectivity index is 1.55. The second-order valence-electron chi connectivity index (χ2n) is 6.14. The van der Waals surface area contributed by atoms with Gasteiger partial charge in [-0.25, -0.2) is 4.98 Å².